The standard InChI is InChI=1S/C15H14N2S/c1-10-3-2-4-13-15(10)17-14(18-13)9-11-5-7-12(16)8-6-11/h2-8H,9,16H2,1H3. The van der Waals surface area contributed by atoms with Gasteiger partial charge in [-0.3, -0.25) is 0 Å². The highest BCUT2D eigenvalue weighted by atomic mass is 32.1. The number of aromatic nitrogens is 1. The maximum absolute atomic E-state index is 5.69. The van der Waals surface area contributed by atoms with Crippen molar-refractivity contribution in [2.24, 2.45) is 0 Å². The van der Waals surface area contributed by atoms with Crippen LogP contribution in [0.5, 0.6) is 0 Å². The van der Waals surface area contributed by atoms with Crippen LogP contribution in [0.15, 0.2) is 42.5 Å². The molecule has 18 heavy (non-hydrogen) atoms. The summed E-state index contributed by atoms with van der Waals surface area (Å²) in [4.78, 5) is 4.72. The van der Waals surface area contributed by atoms with E-state index >= 15 is 0 Å². The van der Waals surface area contributed by atoms with Crippen molar-refractivity contribution in [3.8, 4) is 0 Å². The molecule has 1 heterocycles. The second kappa shape index (κ2) is 4.42. The molecule has 3 heteroatoms. The lowest BCUT2D eigenvalue weighted by Gasteiger charge is -1.98. The zero-order valence-electron chi connectivity index (χ0n) is 10.2. The summed E-state index contributed by atoms with van der Waals surface area (Å²) in [6, 6.07) is 14.3. The van der Waals surface area contributed by atoms with Gasteiger partial charge in [0.25, 0.3) is 0 Å². The molecule has 0 unspecified atom stereocenters. The molecule has 2 nitrogen and oxygen atoms in total. The molecule has 1 aromatic heterocycles. The number of benzene rings is 2. The summed E-state index contributed by atoms with van der Waals surface area (Å²) in [6.45, 7) is 2.11. The third kappa shape index (κ3) is 2.09. The molecule has 0 radical (unpaired) electrons. The van der Waals surface area contributed by atoms with Crippen LogP contribution in [0.25, 0.3) is 10.2 Å². The highest BCUT2D eigenvalue weighted by Gasteiger charge is 2.06. The van der Waals surface area contributed by atoms with Gasteiger partial charge in [-0.15, -0.1) is 11.3 Å². The van der Waals surface area contributed by atoms with Crippen molar-refractivity contribution in [2.45, 2.75) is 13.3 Å². The van der Waals surface area contributed by atoms with Crippen molar-refractivity contribution < 1.29 is 0 Å². The second-order valence-electron chi connectivity index (χ2n) is 4.45. The molecule has 0 atom stereocenters. The highest BCUT2D eigenvalue weighted by Crippen LogP contribution is 2.26. The Labute approximate surface area is 110 Å². The van der Waals surface area contributed by atoms with Gasteiger partial charge in [0.2, 0.25) is 0 Å². The maximum Gasteiger partial charge on any atom is 0.0982 e. The average molecular weight is 254 g/mol. The average Bonchev–Trinajstić information content (AvgIpc) is 2.76. The van der Waals surface area contributed by atoms with Gasteiger partial charge < -0.3 is 5.73 Å². The van der Waals surface area contributed by atoms with E-state index in [1.165, 1.54) is 15.8 Å². The van der Waals surface area contributed by atoms with E-state index in [9.17, 15) is 0 Å². The summed E-state index contributed by atoms with van der Waals surface area (Å²) in [5, 5.41) is 1.16. The molecule has 3 aromatic rings. The Morgan fingerprint density at radius 1 is 1.11 bits per heavy atom. The van der Waals surface area contributed by atoms with Crippen molar-refractivity contribution in [3.05, 3.63) is 58.6 Å². The molecule has 0 bridgehead atoms. The Bertz CT molecular complexity index is 683. The minimum atomic E-state index is 0.805. The molecule has 2 aromatic carbocycles. The van der Waals surface area contributed by atoms with Crippen LogP contribution in [-0.2, 0) is 6.42 Å². The van der Waals surface area contributed by atoms with Gasteiger partial charge in [0.15, 0.2) is 0 Å². The number of hydrogen-bond donors (Lipinski definition) is 1. The van der Waals surface area contributed by atoms with Gasteiger partial charge in [0.1, 0.15) is 0 Å². The van der Waals surface area contributed by atoms with E-state index in [0.29, 0.717) is 0 Å². The smallest absolute Gasteiger partial charge is 0.0982 e. The summed E-state index contributed by atoms with van der Waals surface area (Å²) in [5.41, 5.74) is 10.1. The van der Waals surface area contributed by atoms with E-state index in [4.69, 9.17) is 10.7 Å². The number of thiazole rings is 1. The number of para-hydroxylation sites is 1. The lowest BCUT2D eigenvalue weighted by Crippen LogP contribution is -1.89. The Hall–Kier alpha value is -1.87. The van der Waals surface area contributed by atoms with Gasteiger partial charge >= 0.3 is 0 Å². The SMILES string of the molecule is Cc1cccc2sc(Cc3ccc(N)cc3)nc12. The lowest BCUT2D eigenvalue weighted by atomic mass is 10.1. The number of fused-ring (bicyclic) bond motifs is 1. The highest BCUT2D eigenvalue weighted by molar-refractivity contribution is 7.18. The van der Waals surface area contributed by atoms with Gasteiger partial charge in [-0.1, -0.05) is 24.3 Å². The van der Waals surface area contributed by atoms with Crippen molar-refractivity contribution in [1.29, 1.82) is 0 Å². The van der Waals surface area contributed by atoms with Crippen LogP contribution in [0.4, 0.5) is 5.69 Å². The summed E-state index contributed by atoms with van der Waals surface area (Å²) in [6.07, 6.45) is 0.874. The third-order valence-corrected chi connectivity index (χ3v) is 4.02. The Balaban J connectivity index is 1.95. The fourth-order valence-corrected chi connectivity index (χ4v) is 3.10. The monoisotopic (exact) mass is 254 g/mol. The largest absolute Gasteiger partial charge is 0.399 e. The molecule has 0 aliphatic rings. The predicted octanol–water partition coefficient (Wildman–Crippen LogP) is 3.78. The summed E-state index contributed by atoms with van der Waals surface area (Å²) >= 11 is 1.77. The molecule has 3 rings (SSSR count). The zero-order valence-corrected chi connectivity index (χ0v) is 11.0. The third-order valence-electron chi connectivity index (χ3n) is 3.00. The van der Waals surface area contributed by atoms with Gasteiger partial charge in [0, 0.05) is 12.1 Å². The molecule has 90 valence electrons. The topological polar surface area (TPSA) is 38.9 Å². The quantitative estimate of drug-likeness (QED) is 0.707. The minimum Gasteiger partial charge on any atom is -0.399 e. The number of rotatable bonds is 2. The van der Waals surface area contributed by atoms with Crippen LogP contribution in [0.3, 0.4) is 0 Å². The van der Waals surface area contributed by atoms with E-state index < -0.39 is 0 Å². The van der Waals surface area contributed by atoms with Crippen molar-refractivity contribution in [2.75, 3.05) is 5.73 Å². The molecule has 0 spiro atoms. The first-order valence-electron chi connectivity index (χ1n) is 5.92. The predicted molar refractivity (Wildman–Crippen MR) is 78.0 cm³/mol. The number of hydrogen-bond acceptors (Lipinski definition) is 3. The molecule has 2 N–H and O–H groups in total. The number of aryl methyl sites for hydroxylation is 1. The fourth-order valence-electron chi connectivity index (χ4n) is 2.02. The van der Waals surface area contributed by atoms with Crippen LogP contribution < -0.4 is 5.73 Å². The first-order valence-corrected chi connectivity index (χ1v) is 6.73. The Morgan fingerprint density at radius 3 is 2.61 bits per heavy atom. The van der Waals surface area contributed by atoms with Gasteiger partial charge in [0.05, 0.1) is 15.2 Å². The number of nitrogens with two attached hydrogens (primary N) is 1. The zero-order chi connectivity index (χ0) is 12.5. The van der Waals surface area contributed by atoms with Crippen LogP contribution in [0.1, 0.15) is 16.1 Å². The van der Waals surface area contributed by atoms with Crippen molar-refractivity contribution >= 4 is 27.2 Å². The first-order chi connectivity index (χ1) is 8.72. The molecule has 0 fully saturated rings. The Morgan fingerprint density at radius 2 is 1.89 bits per heavy atom. The molecule has 0 saturated carbocycles. The number of nitrogen functional groups attached to an aromatic ring is 1. The molecule has 0 amide bonds. The van der Waals surface area contributed by atoms with E-state index in [1.807, 2.05) is 12.1 Å². The molecular formula is C15H14N2S. The van der Waals surface area contributed by atoms with E-state index in [1.54, 1.807) is 11.3 Å². The van der Waals surface area contributed by atoms with Crippen LogP contribution in [0.2, 0.25) is 0 Å². The van der Waals surface area contributed by atoms with E-state index in [2.05, 4.69) is 37.3 Å². The molecule has 0 aliphatic carbocycles. The van der Waals surface area contributed by atoms with Gasteiger partial charge in [-0.2, -0.15) is 0 Å². The van der Waals surface area contributed by atoms with Crippen molar-refractivity contribution in [3.63, 3.8) is 0 Å². The fraction of sp³-hybridized carbons (Fsp3) is 0.133. The first kappa shape index (κ1) is 11.2. The molecule has 0 saturated heterocycles. The van der Waals surface area contributed by atoms with Crippen LogP contribution in [0, 0.1) is 6.92 Å². The van der Waals surface area contributed by atoms with Gasteiger partial charge in [-0.25, -0.2) is 4.98 Å². The maximum atomic E-state index is 5.69. The summed E-state index contributed by atoms with van der Waals surface area (Å²) < 4.78 is 1.26. The van der Waals surface area contributed by atoms with Crippen LogP contribution >= 0.6 is 11.3 Å². The van der Waals surface area contributed by atoms with Gasteiger partial charge in [-0.05, 0) is 36.2 Å². The van der Waals surface area contributed by atoms with E-state index in [-0.39, 0.29) is 0 Å². The molecule has 0 aliphatic heterocycles. The summed E-state index contributed by atoms with van der Waals surface area (Å²) in [5.74, 6) is 0. The minimum absolute atomic E-state index is 0.805. The molecular weight excluding hydrogens is 240 g/mol. The Kier molecular flexibility index (Phi) is 2.76. The van der Waals surface area contributed by atoms with Crippen molar-refractivity contribution in [1.82, 2.24) is 4.98 Å². The summed E-state index contributed by atoms with van der Waals surface area (Å²) in [7, 11) is 0. The normalized spacial score (nSPS) is 10.9. The lowest BCUT2D eigenvalue weighted by molar-refractivity contribution is 1.15. The second-order valence-corrected chi connectivity index (χ2v) is 5.56. The van der Waals surface area contributed by atoms with E-state index in [0.717, 1.165) is 22.6 Å². The number of nitrogens with zero attached hydrogens (tertiary/aromatic N) is 1. The number of anilines is 1. The van der Waals surface area contributed by atoms with Crippen LogP contribution in [-0.4, -0.2) is 4.98 Å².